The molecule has 0 unspecified atom stereocenters. The third-order valence-corrected chi connectivity index (χ3v) is 3.93. The summed E-state index contributed by atoms with van der Waals surface area (Å²) in [6.45, 7) is 5.31. The van der Waals surface area contributed by atoms with Crippen LogP contribution in [0.4, 0.5) is 0 Å². The topological polar surface area (TPSA) is 38.5 Å². The molecule has 0 saturated carbocycles. The standard InChI is InChI=1S/C18H22N2O/c19-13-15-3-1-5-17(11-15)18-6-2-4-16(12-18)14-20-7-9-21-10-8-20/h1-6,11-12H,7-10,13-14,19H2. The molecule has 3 nitrogen and oxygen atoms in total. The van der Waals surface area contributed by atoms with Crippen LogP contribution in [0.15, 0.2) is 48.5 Å². The van der Waals surface area contributed by atoms with Crippen LogP contribution in [0.1, 0.15) is 11.1 Å². The summed E-state index contributed by atoms with van der Waals surface area (Å²) in [6, 6.07) is 17.3. The molecule has 2 aromatic rings. The maximum absolute atomic E-state index is 5.73. The molecule has 3 rings (SSSR count). The van der Waals surface area contributed by atoms with Gasteiger partial charge in [-0.05, 0) is 34.4 Å². The first kappa shape index (κ1) is 14.3. The fraction of sp³-hybridized carbons (Fsp3) is 0.333. The lowest BCUT2D eigenvalue weighted by molar-refractivity contribution is 0.0342. The number of nitrogens with two attached hydrogens (primary N) is 1. The van der Waals surface area contributed by atoms with Gasteiger partial charge in [-0.15, -0.1) is 0 Å². The number of morpholine rings is 1. The van der Waals surface area contributed by atoms with E-state index in [1.165, 1.54) is 22.3 Å². The van der Waals surface area contributed by atoms with Gasteiger partial charge in [-0.2, -0.15) is 0 Å². The van der Waals surface area contributed by atoms with E-state index >= 15 is 0 Å². The molecule has 0 aliphatic carbocycles. The van der Waals surface area contributed by atoms with Crippen LogP contribution < -0.4 is 5.73 Å². The van der Waals surface area contributed by atoms with Gasteiger partial charge in [0.1, 0.15) is 0 Å². The number of ether oxygens (including phenoxy) is 1. The maximum Gasteiger partial charge on any atom is 0.0594 e. The van der Waals surface area contributed by atoms with Gasteiger partial charge < -0.3 is 10.5 Å². The number of hydrogen-bond acceptors (Lipinski definition) is 3. The fourth-order valence-corrected chi connectivity index (χ4v) is 2.74. The molecular formula is C18H22N2O. The average Bonchev–Trinajstić information content (AvgIpc) is 2.56. The van der Waals surface area contributed by atoms with E-state index in [2.05, 4.69) is 53.4 Å². The lowest BCUT2D eigenvalue weighted by Crippen LogP contribution is -2.35. The summed E-state index contributed by atoms with van der Waals surface area (Å²) in [4.78, 5) is 2.44. The Hall–Kier alpha value is -1.68. The zero-order valence-corrected chi connectivity index (χ0v) is 12.3. The Morgan fingerprint density at radius 3 is 2.19 bits per heavy atom. The Morgan fingerprint density at radius 2 is 1.52 bits per heavy atom. The van der Waals surface area contributed by atoms with Crippen molar-refractivity contribution in [3.63, 3.8) is 0 Å². The summed E-state index contributed by atoms with van der Waals surface area (Å²) in [6.07, 6.45) is 0. The molecule has 0 spiro atoms. The first-order valence-corrected chi connectivity index (χ1v) is 7.53. The molecule has 110 valence electrons. The Morgan fingerprint density at radius 1 is 0.905 bits per heavy atom. The molecule has 0 bridgehead atoms. The summed E-state index contributed by atoms with van der Waals surface area (Å²) in [5.74, 6) is 0. The second-order valence-electron chi connectivity index (χ2n) is 5.49. The van der Waals surface area contributed by atoms with E-state index in [4.69, 9.17) is 10.5 Å². The lowest BCUT2D eigenvalue weighted by Gasteiger charge is -2.26. The Bertz CT molecular complexity index is 591. The highest BCUT2D eigenvalue weighted by atomic mass is 16.5. The van der Waals surface area contributed by atoms with Gasteiger partial charge in [0.25, 0.3) is 0 Å². The molecule has 1 saturated heterocycles. The number of benzene rings is 2. The van der Waals surface area contributed by atoms with Crippen LogP contribution in [-0.4, -0.2) is 31.2 Å². The number of rotatable bonds is 4. The summed E-state index contributed by atoms with van der Waals surface area (Å²) < 4.78 is 5.40. The first-order valence-electron chi connectivity index (χ1n) is 7.53. The number of hydrogen-bond donors (Lipinski definition) is 1. The molecule has 1 aliphatic rings. The third kappa shape index (κ3) is 3.70. The van der Waals surface area contributed by atoms with Gasteiger partial charge in [-0.1, -0.05) is 36.4 Å². The molecule has 2 N–H and O–H groups in total. The fourth-order valence-electron chi connectivity index (χ4n) is 2.74. The van der Waals surface area contributed by atoms with Crippen LogP contribution in [0.2, 0.25) is 0 Å². The minimum atomic E-state index is 0.585. The van der Waals surface area contributed by atoms with Crippen molar-refractivity contribution in [3.05, 3.63) is 59.7 Å². The SMILES string of the molecule is NCc1cccc(-c2cccc(CN3CCOCC3)c2)c1. The second kappa shape index (κ2) is 6.85. The van der Waals surface area contributed by atoms with E-state index in [-0.39, 0.29) is 0 Å². The van der Waals surface area contributed by atoms with Crippen LogP contribution in [0.5, 0.6) is 0 Å². The molecule has 21 heavy (non-hydrogen) atoms. The van der Waals surface area contributed by atoms with Crippen LogP contribution in [0, 0.1) is 0 Å². The van der Waals surface area contributed by atoms with E-state index in [1.807, 2.05) is 0 Å². The van der Waals surface area contributed by atoms with E-state index in [9.17, 15) is 0 Å². The molecule has 0 radical (unpaired) electrons. The Labute approximate surface area is 126 Å². The quantitative estimate of drug-likeness (QED) is 0.937. The molecule has 2 aromatic carbocycles. The van der Waals surface area contributed by atoms with Crippen LogP contribution in [-0.2, 0) is 17.8 Å². The largest absolute Gasteiger partial charge is 0.379 e. The second-order valence-corrected chi connectivity index (χ2v) is 5.49. The van der Waals surface area contributed by atoms with E-state index < -0.39 is 0 Å². The van der Waals surface area contributed by atoms with Gasteiger partial charge >= 0.3 is 0 Å². The summed E-state index contributed by atoms with van der Waals surface area (Å²) >= 11 is 0. The third-order valence-electron chi connectivity index (χ3n) is 3.93. The first-order chi connectivity index (χ1) is 10.3. The van der Waals surface area contributed by atoms with Crippen molar-refractivity contribution < 1.29 is 4.74 Å². The molecule has 1 heterocycles. The lowest BCUT2D eigenvalue weighted by atomic mass is 10.0. The zero-order valence-electron chi connectivity index (χ0n) is 12.3. The normalized spacial score (nSPS) is 16.0. The van der Waals surface area contributed by atoms with E-state index in [0.717, 1.165) is 32.8 Å². The maximum atomic E-state index is 5.73. The highest BCUT2D eigenvalue weighted by Crippen LogP contribution is 2.22. The van der Waals surface area contributed by atoms with Gasteiger partial charge in [0, 0.05) is 26.2 Å². The monoisotopic (exact) mass is 282 g/mol. The Balaban J connectivity index is 1.78. The summed E-state index contributed by atoms with van der Waals surface area (Å²) in [7, 11) is 0. The smallest absolute Gasteiger partial charge is 0.0594 e. The number of nitrogens with zero attached hydrogens (tertiary/aromatic N) is 1. The van der Waals surface area contributed by atoms with Crippen molar-refractivity contribution in [2.24, 2.45) is 5.73 Å². The molecule has 0 atom stereocenters. The minimum absolute atomic E-state index is 0.585. The van der Waals surface area contributed by atoms with E-state index in [0.29, 0.717) is 6.54 Å². The molecular weight excluding hydrogens is 260 g/mol. The van der Waals surface area contributed by atoms with Crippen LogP contribution in [0.3, 0.4) is 0 Å². The van der Waals surface area contributed by atoms with Gasteiger partial charge in [-0.25, -0.2) is 0 Å². The minimum Gasteiger partial charge on any atom is -0.379 e. The average molecular weight is 282 g/mol. The van der Waals surface area contributed by atoms with Gasteiger partial charge in [0.05, 0.1) is 13.2 Å². The van der Waals surface area contributed by atoms with Gasteiger partial charge in [0.2, 0.25) is 0 Å². The van der Waals surface area contributed by atoms with Crippen molar-refractivity contribution in [2.75, 3.05) is 26.3 Å². The van der Waals surface area contributed by atoms with E-state index in [1.54, 1.807) is 0 Å². The van der Waals surface area contributed by atoms with Crippen molar-refractivity contribution in [3.8, 4) is 11.1 Å². The molecule has 0 aromatic heterocycles. The molecule has 1 aliphatic heterocycles. The molecule has 0 amide bonds. The predicted molar refractivity (Wildman–Crippen MR) is 85.9 cm³/mol. The highest BCUT2D eigenvalue weighted by Gasteiger charge is 2.11. The van der Waals surface area contributed by atoms with Gasteiger partial charge in [-0.3, -0.25) is 4.90 Å². The zero-order chi connectivity index (χ0) is 14.5. The highest BCUT2D eigenvalue weighted by molar-refractivity contribution is 5.64. The van der Waals surface area contributed by atoms with Crippen molar-refractivity contribution >= 4 is 0 Å². The van der Waals surface area contributed by atoms with Crippen LogP contribution in [0.25, 0.3) is 11.1 Å². The van der Waals surface area contributed by atoms with Crippen molar-refractivity contribution in [1.29, 1.82) is 0 Å². The summed E-state index contributed by atoms with van der Waals surface area (Å²) in [5, 5.41) is 0. The Kier molecular flexibility index (Phi) is 4.65. The van der Waals surface area contributed by atoms with Crippen LogP contribution >= 0.6 is 0 Å². The van der Waals surface area contributed by atoms with Crippen molar-refractivity contribution in [1.82, 2.24) is 4.90 Å². The molecule has 1 fully saturated rings. The summed E-state index contributed by atoms with van der Waals surface area (Å²) in [5.41, 5.74) is 10.8. The van der Waals surface area contributed by atoms with Crippen molar-refractivity contribution in [2.45, 2.75) is 13.1 Å². The van der Waals surface area contributed by atoms with Gasteiger partial charge in [0.15, 0.2) is 0 Å². The molecule has 3 heteroatoms. The predicted octanol–water partition coefficient (Wildman–Crippen LogP) is 2.64.